The molecule has 1 aromatic rings. The topological polar surface area (TPSA) is 33.6 Å². The molecule has 0 saturated heterocycles. The first-order valence-electron chi connectivity index (χ1n) is 7.92. The minimum absolute atomic E-state index is 0.708. The van der Waals surface area contributed by atoms with Gasteiger partial charge < -0.3 is 10.1 Å². The predicted molar refractivity (Wildman–Crippen MR) is 82.7 cm³/mol. The van der Waals surface area contributed by atoms with Gasteiger partial charge in [-0.15, -0.1) is 0 Å². The van der Waals surface area contributed by atoms with Crippen LogP contribution in [-0.2, 0) is 0 Å². The molecule has 1 heterocycles. The molecular formula is C17H24N2O. The van der Waals surface area contributed by atoms with Crippen molar-refractivity contribution in [1.82, 2.24) is 5.32 Å². The van der Waals surface area contributed by atoms with Gasteiger partial charge in [0.25, 0.3) is 0 Å². The first kappa shape index (κ1) is 13.5. The molecule has 1 aliphatic heterocycles. The van der Waals surface area contributed by atoms with E-state index in [1.165, 1.54) is 37.7 Å². The number of nitrogens with one attached hydrogen (secondary N) is 1. The minimum Gasteiger partial charge on any atom is -0.493 e. The van der Waals surface area contributed by atoms with Gasteiger partial charge >= 0.3 is 0 Å². The van der Waals surface area contributed by atoms with Crippen LogP contribution in [0.3, 0.4) is 0 Å². The summed E-state index contributed by atoms with van der Waals surface area (Å²) in [5, 5.41) is 3.28. The van der Waals surface area contributed by atoms with Crippen LogP contribution in [0, 0.1) is 0 Å². The summed E-state index contributed by atoms with van der Waals surface area (Å²) in [5.41, 5.74) is 1.46. The van der Waals surface area contributed by atoms with E-state index >= 15 is 0 Å². The van der Waals surface area contributed by atoms with Gasteiger partial charge in [0.05, 0.1) is 19.0 Å². The van der Waals surface area contributed by atoms with E-state index in [9.17, 15) is 0 Å². The third-order valence-corrected chi connectivity index (χ3v) is 4.29. The van der Waals surface area contributed by atoms with Gasteiger partial charge in [-0.3, -0.25) is 4.99 Å². The van der Waals surface area contributed by atoms with E-state index in [1.54, 1.807) is 0 Å². The van der Waals surface area contributed by atoms with Crippen molar-refractivity contribution in [2.75, 3.05) is 19.7 Å². The molecule has 1 fully saturated rings. The van der Waals surface area contributed by atoms with Crippen molar-refractivity contribution in [2.24, 2.45) is 4.99 Å². The summed E-state index contributed by atoms with van der Waals surface area (Å²) in [6.45, 7) is 2.60. The van der Waals surface area contributed by atoms with Gasteiger partial charge in [0.2, 0.25) is 0 Å². The summed E-state index contributed by atoms with van der Waals surface area (Å²) in [4.78, 5) is 4.38. The molecule has 0 aromatic heterocycles. The lowest BCUT2D eigenvalue weighted by Crippen LogP contribution is -2.20. The summed E-state index contributed by atoms with van der Waals surface area (Å²) >= 11 is 0. The Balaban J connectivity index is 1.53. The molecule has 1 aliphatic carbocycles. The van der Waals surface area contributed by atoms with Crippen LogP contribution in [0.15, 0.2) is 29.3 Å². The fraction of sp³-hybridized carbons (Fsp3) is 0.588. The van der Waals surface area contributed by atoms with Crippen LogP contribution < -0.4 is 10.1 Å². The second-order valence-electron chi connectivity index (χ2n) is 5.76. The summed E-state index contributed by atoms with van der Waals surface area (Å²) in [5.74, 6) is 2.84. The Labute approximate surface area is 121 Å². The molecule has 0 amide bonds. The molecule has 3 heteroatoms. The molecule has 2 aliphatic rings. The van der Waals surface area contributed by atoms with Crippen LogP contribution in [0.1, 0.15) is 50.0 Å². The predicted octanol–water partition coefficient (Wildman–Crippen LogP) is 3.50. The molecular weight excluding hydrogens is 248 g/mol. The van der Waals surface area contributed by atoms with Crippen LogP contribution in [0.5, 0.6) is 5.75 Å². The summed E-state index contributed by atoms with van der Waals surface area (Å²) in [6, 6.07) is 8.69. The lowest BCUT2D eigenvalue weighted by atomic mass is 9.84. The largest absolute Gasteiger partial charge is 0.493 e. The maximum absolute atomic E-state index is 5.88. The van der Waals surface area contributed by atoms with Crippen LogP contribution in [-0.4, -0.2) is 25.5 Å². The minimum atomic E-state index is 0.708. The Morgan fingerprint density at radius 1 is 1.20 bits per heavy atom. The maximum Gasteiger partial charge on any atom is 0.119 e. The van der Waals surface area contributed by atoms with Crippen LogP contribution in [0.2, 0.25) is 0 Å². The molecule has 0 bridgehead atoms. The van der Waals surface area contributed by atoms with Gasteiger partial charge in [-0.05, 0) is 36.5 Å². The highest BCUT2D eigenvalue weighted by Crippen LogP contribution is 2.33. The van der Waals surface area contributed by atoms with E-state index in [1.807, 2.05) is 0 Å². The number of aliphatic imine (C=N–C) groups is 1. The van der Waals surface area contributed by atoms with E-state index in [0.29, 0.717) is 6.61 Å². The number of nitrogens with zero attached hydrogens (tertiary/aromatic N) is 1. The van der Waals surface area contributed by atoms with Gasteiger partial charge in [-0.25, -0.2) is 0 Å². The summed E-state index contributed by atoms with van der Waals surface area (Å²) in [7, 11) is 0. The highest BCUT2D eigenvalue weighted by molar-refractivity contribution is 5.83. The van der Waals surface area contributed by atoms with Crippen LogP contribution >= 0.6 is 0 Å². The Bertz CT molecular complexity index is 464. The molecule has 20 heavy (non-hydrogen) atoms. The second kappa shape index (κ2) is 6.78. The highest BCUT2D eigenvalue weighted by atomic mass is 16.5. The standard InChI is InChI=1S/C17H24N2O/c1-2-5-14(6-3-1)15-7-4-8-16(13-15)20-12-9-17-18-10-11-19-17/h4,7-8,13-14H,1-3,5-6,9-12H2,(H,18,19). The molecule has 1 aromatic carbocycles. The Morgan fingerprint density at radius 3 is 2.90 bits per heavy atom. The van der Waals surface area contributed by atoms with E-state index in [4.69, 9.17) is 4.74 Å². The van der Waals surface area contributed by atoms with Crippen molar-refractivity contribution in [3.8, 4) is 5.75 Å². The van der Waals surface area contributed by atoms with E-state index in [-0.39, 0.29) is 0 Å². The van der Waals surface area contributed by atoms with Crippen molar-refractivity contribution >= 4 is 5.84 Å². The fourth-order valence-corrected chi connectivity index (χ4v) is 3.17. The summed E-state index contributed by atoms with van der Waals surface area (Å²) < 4.78 is 5.88. The Hall–Kier alpha value is -1.51. The van der Waals surface area contributed by atoms with Crippen molar-refractivity contribution in [1.29, 1.82) is 0 Å². The first-order chi connectivity index (χ1) is 9.92. The number of hydrogen-bond donors (Lipinski definition) is 1. The maximum atomic E-state index is 5.88. The third-order valence-electron chi connectivity index (χ3n) is 4.29. The zero-order valence-electron chi connectivity index (χ0n) is 12.1. The quantitative estimate of drug-likeness (QED) is 0.890. The lowest BCUT2D eigenvalue weighted by Gasteiger charge is -2.22. The van der Waals surface area contributed by atoms with Crippen molar-refractivity contribution < 1.29 is 4.74 Å². The molecule has 0 spiro atoms. The molecule has 3 rings (SSSR count). The molecule has 1 saturated carbocycles. The van der Waals surface area contributed by atoms with E-state index in [0.717, 1.165) is 37.0 Å². The normalized spacial score (nSPS) is 19.5. The number of hydrogen-bond acceptors (Lipinski definition) is 3. The van der Waals surface area contributed by atoms with Gasteiger partial charge in [0.15, 0.2) is 0 Å². The molecule has 0 atom stereocenters. The van der Waals surface area contributed by atoms with Gasteiger partial charge in [-0.1, -0.05) is 31.4 Å². The first-order valence-corrected chi connectivity index (χ1v) is 7.92. The smallest absolute Gasteiger partial charge is 0.119 e. The average Bonchev–Trinajstić information content (AvgIpc) is 3.02. The van der Waals surface area contributed by atoms with Crippen LogP contribution in [0.4, 0.5) is 0 Å². The van der Waals surface area contributed by atoms with Crippen molar-refractivity contribution in [3.05, 3.63) is 29.8 Å². The van der Waals surface area contributed by atoms with Gasteiger partial charge in [0.1, 0.15) is 5.75 Å². The second-order valence-corrected chi connectivity index (χ2v) is 5.76. The molecule has 0 radical (unpaired) electrons. The molecule has 108 valence electrons. The van der Waals surface area contributed by atoms with E-state index in [2.05, 4.69) is 34.6 Å². The third kappa shape index (κ3) is 3.53. The van der Waals surface area contributed by atoms with Crippen molar-refractivity contribution in [2.45, 2.75) is 44.4 Å². The zero-order valence-corrected chi connectivity index (χ0v) is 12.1. The number of rotatable bonds is 5. The Morgan fingerprint density at radius 2 is 2.10 bits per heavy atom. The SMILES string of the molecule is c1cc(OCCC2=NCCN2)cc(C2CCCCC2)c1. The van der Waals surface area contributed by atoms with Gasteiger partial charge in [0, 0.05) is 13.0 Å². The number of ether oxygens (including phenoxy) is 1. The van der Waals surface area contributed by atoms with Gasteiger partial charge in [-0.2, -0.15) is 0 Å². The average molecular weight is 272 g/mol. The highest BCUT2D eigenvalue weighted by Gasteiger charge is 2.15. The molecule has 3 nitrogen and oxygen atoms in total. The lowest BCUT2D eigenvalue weighted by molar-refractivity contribution is 0.327. The summed E-state index contributed by atoms with van der Waals surface area (Å²) in [6.07, 6.45) is 7.71. The number of benzene rings is 1. The monoisotopic (exact) mass is 272 g/mol. The van der Waals surface area contributed by atoms with E-state index < -0.39 is 0 Å². The zero-order chi connectivity index (χ0) is 13.6. The van der Waals surface area contributed by atoms with Crippen LogP contribution in [0.25, 0.3) is 0 Å². The fourth-order valence-electron chi connectivity index (χ4n) is 3.17. The molecule has 1 N–H and O–H groups in total. The van der Waals surface area contributed by atoms with Crippen molar-refractivity contribution in [3.63, 3.8) is 0 Å². The molecule has 0 unspecified atom stereocenters. The Kier molecular flexibility index (Phi) is 4.57. The number of amidine groups is 1.